The van der Waals surface area contributed by atoms with E-state index in [9.17, 15) is 8.42 Å². The first-order chi connectivity index (χ1) is 6.74. The maximum Gasteiger partial charge on any atom is 0.217 e. The van der Waals surface area contributed by atoms with E-state index in [4.69, 9.17) is 0 Å². The monoisotopic (exact) mass is 231 g/mol. The van der Waals surface area contributed by atoms with Crippen LogP contribution in [0.1, 0.15) is 33.6 Å². The summed E-state index contributed by atoms with van der Waals surface area (Å²) in [6.07, 6.45) is 4.85. The van der Waals surface area contributed by atoms with Crippen molar-refractivity contribution < 1.29 is 8.42 Å². The summed E-state index contributed by atoms with van der Waals surface area (Å²) in [5.74, 6) is 0. The molecule has 0 saturated heterocycles. The zero-order chi connectivity index (χ0) is 12.1. The summed E-state index contributed by atoms with van der Waals surface area (Å²) < 4.78 is 25.4. The van der Waals surface area contributed by atoms with Crippen molar-refractivity contribution in [3.63, 3.8) is 0 Å². The summed E-state index contributed by atoms with van der Waals surface area (Å²) in [6, 6.07) is -0.216. The average molecular weight is 231 g/mol. The molecular formula is C11H21NO2S. The highest BCUT2D eigenvalue weighted by molar-refractivity contribution is 7.90. The van der Waals surface area contributed by atoms with Crippen molar-refractivity contribution in [1.29, 1.82) is 0 Å². The fourth-order valence-electron chi connectivity index (χ4n) is 0.898. The molecule has 0 saturated carbocycles. The Kier molecular flexibility index (Phi) is 5.24. The van der Waals surface area contributed by atoms with Crippen molar-refractivity contribution in [2.24, 2.45) is 0 Å². The number of sulfonamides is 1. The van der Waals surface area contributed by atoms with Crippen molar-refractivity contribution >= 4 is 10.0 Å². The molecule has 0 rings (SSSR count). The third-order valence-electron chi connectivity index (χ3n) is 2.08. The lowest BCUT2D eigenvalue weighted by Crippen LogP contribution is -2.43. The van der Waals surface area contributed by atoms with E-state index in [1.807, 2.05) is 0 Å². The van der Waals surface area contributed by atoms with Crippen LogP contribution in [0, 0.1) is 0 Å². The summed E-state index contributed by atoms with van der Waals surface area (Å²) in [6.45, 7) is 12.2. The Morgan fingerprint density at radius 2 is 1.87 bits per heavy atom. The third-order valence-corrected chi connectivity index (χ3v) is 4.30. The Bertz CT molecular complexity index is 312. The molecule has 3 nitrogen and oxygen atoms in total. The predicted octanol–water partition coefficient (Wildman–Crippen LogP) is 2.23. The number of rotatable bonds is 6. The second-order valence-corrected chi connectivity index (χ2v) is 6.91. The van der Waals surface area contributed by atoms with Gasteiger partial charge < -0.3 is 0 Å². The first kappa shape index (κ1) is 14.4. The summed E-state index contributed by atoms with van der Waals surface area (Å²) in [4.78, 5) is 0. The molecule has 1 atom stereocenters. The summed E-state index contributed by atoms with van der Waals surface area (Å²) in [5, 5.41) is 0. The molecule has 0 radical (unpaired) electrons. The topological polar surface area (TPSA) is 46.2 Å². The summed E-state index contributed by atoms with van der Waals surface area (Å²) in [5.41, 5.74) is 0. The minimum Gasteiger partial charge on any atom is -0.212 e. The van der Waals surface area contributed by atoms with Crippen molar-refractivity contribution in [2.75, 3.05) is 0 Å². The minimum atomic E-state index is -3.30. The molecule has 0 fully saturated rings. The van der Waals surface area contributed by atoms with Gasteiger partial charge in [0.25, 0.3) is 0 Å². The van der Waals surface area contributed by atoms with Gasteiger partial charge in [-0.3, -0.25) is 0 Å². The van der Waals surface area contributed by atoms with E-state index >= 15 is 0 Å². The zero-order valence-corrected chi connectivity index (χ0v) is 10.6. The fourth-order valence-corrected chi connectivity index (χ4v) is 1.86. The third kappa shape index (κ3) is 4.62. The Hall–Kier alpha value is -0.610. The van der Waals surface area contributed by atoms with Crippen LogP contribution in [0.2, 0.25) is 0 Å². The van der Waals surface area contributed by atoms with Crippen LogP contribution in [0.4, 0.5) is 0 Å². The lowest BCUT2D eigenvalue weighted by atomic mass is 10.2. The van der Waals surface area contributed by atoms with Gasteiger partial charge >= 0.3 is 0 Å². The highest BCUT2D eigenvalue weighted by Crippen LogP contribution is 2.15. The molecule has 0 aromatic carbocycles. The van der Waals surface area contributed by atoms with Gasteiger partial charge in [-0.1, -0.05) is 12.2 Å². The Morgan fingerprint density at radius 1 is 1.33 bits per heavy atom. The van der Waals surface area contributed by atoms with E-state index in [1.54, 1.807) is 32.9 Å². The van der Waals surface area contributed by atoms with Crippen LogP contribution in [0.5, 0.6) is 0 Å². The fraction of sp³-hybridized carbons (Fsp3) is 0.636. The largest absolute Gasteiger partial charge is 0.217 e. The summed E-state index contributed by atoms with van der Waals surface area (Å²) in [7, 11) is -3.30. The Morgan fingerprint density at radius 3 is 2.20 bits per heavy atom. The predicted molar refractivity (Wildman–Crippen MR) is 65.2 cm³/mol. The molecule has 0 aromatic heterocycles. The van der Waals surface area contributed by atoms with Crippen LogP contribution in [0.3, 0.4) is 0 Å². The van der Waals surface area contributed by atoms with Crippen molar-refractivity contribution in [1.82, 2.24) is 4.72 Å². The van der Waals surface area contributed by atoms with E-state index in [1.165, 1.54) is 0 Å². The SMILES string of the molecule is C=CCCC(C=C)NS(=O)(=O)C(C)(C)C. The van der Waals surface area contributed by atoms with Crippen LogP contribution in [-0.4, -0.2) is 19.2 Å². The molecule has 0 amide bonds. The maximum absolute atomic E-state index is 11.8. The van der Waals surface area contributed by atoms with E-state index in [-0.39, 0.29) is 6.04 Å². The zero-order valence-electron chi connectivity index (χ0n) is 9.79. The van der Waals surface area contributed by atoms with Gasteiger partial charge in [0.15, 0.2) is 0 Å². The van der Waals surface area contributed by atoms with Crippen LogP contribution in [0.15, 0.2) is 25.3 Å². The molecule has 0 aliphatic rings. The second kappa shape index (κ2) is 5.47. The molecule has 88 valence electrons. The van der Waals surface area contributed by atoms with E-state index in [2.05, 4.69) is 17.9 Å². The van der Waals surface area contributed by atoms with Gasteiger partial charge in [0.1, 0.15) is 0 Å². The maximum atomic E-state index is 11.8. The van der Waals surface area contributed by atoms with Crippen LogP contribution >= 0.6 is 0 Å². The van der Waals surface area contributed by atoms with Gasteiger partial charge in [-0.15, -0.1) is 13.2 Å². The molecule has 0 spiro atoms. The Labute approximate surface area is 93.3 Å². The summed E-state index contributed by atoms with van der Waals surface area (Å²) >= 11 is 0. The molecule has 1 unspecified atom stereocenters. The number of hydrogen-bond donors (Lipinski definition) is 1. The van der Waals surface area contributed by atoms with Gasteiger partial charge in [0, 0.05) is 6.04 Å². The molecule has 1 N–H and O–H groups in total. The van der Waals surface area contributed by atoms with Crippen molar-refractivity contribution in [3.05, 3.63) is 25.3 Å². The highest BCUT2D eigenvalue weighted by atomic mass is 32.2. The highest BCUT2D eigenvalue weighted by Gasteiger charge is 2.30. The van der Waals surface area contributed by atoms with Gasteiger partial charge in [-0.25, -0.2) is 13.1 Å². The molecule has 0 bridgehead atoms. The standard InChI is InChI=1S/C11H21NO2S/c1-6-8-9-10(7-2)12-15(13,14)11(3,4)5/h6-7,10,12H,1-2,8-9H2,3-5H3. The number of nitrogens with one attached hydrogen (secondary N) is 1. The molecule has 0 aliphatic heterocycles. The molecule has 4 heteroatoms. The van der Waals surface area contributed by atoms with Gasteiger partial charge in [0.2, 0.25) is 10.0 Å². The van der Waals surface area contributed by atoms with Crippen LogP contribution < -0.4 is 4.72 Å². The molecule has 0 aromatic rings. The minimum absolute atomic E-state index is 0.216. The lowest BCUT2D eigenvalue weighted by Gasteiger charge is -2.23. The molecule has 15 heavy (non-hydrogen) atoms. The van der Waals surface area contributed by atoms with Gasteiger partial charge in [0.05, 0.1) is 4.75 Å². The van der Waals surface area contributed by atoms with Crippen molar-refractivity contribution in [3.8, 4) is 0 Å². The van der Waals surface area contributed by atoms with Gasteiger partial charge in [-0.05, 0) is 33.6 Å². The van der Waals surface area contributed by atoms with E-state index in [0.29, 0.717) is 6.42 Å². The van der Waals surface area contributed by atoms with Crippen LogP contribution in [0.25, 0.3) is 0 Å². The number of allylic oxidation sites excluding steroid dienone is 1. The average Bonchev–Trinajstić information content (AvgIpc) is 2.10. The quantitative estimate of drug-likeness (QED) is 0.712. The smallest absolute Gasteiger partial charge is 0.212 e. The molecule has 0 aliphatic carbocycles. The first-order valence-corrected chi connectivity index (χ1v) is 6.48. The van der Waals surface area contributed by atoms with Crippen molar-refractivity contribution in [2.45, 2.75) is 44.4 Å². The van der Waals surface area contributed by atoms with E-state index < -0.39 is 14.8 Å². The normalized spacial score (nSPS) is 14.6. The first-order valence-electron chi connectivity index (χ1n) is 5.00. The molecule has 0 heterocycles. The number of hydrogen-bond acceptors (Lipinski definition) is 2. The van der Waals surface area contributed by atoms with Gasteiger partial charge in [-0.2, -0.15) is 0 Å². The van der Waals surface area contributed by atoms with Crippen LogP contribution in [-0.2, 0) is 10.0 Å². The van der Waals surface area contributed by atoms with E-state index in [0.717, 1.165) is 6.42 Å². The Balaban J connectivity index is 4.55. The lowest BCUT2D eigenvalue weighted by molar-refractivity contribution is 0.530. The second-order valence-electron chi connectivity index (χ2n) is 4.44. The molecular weight excluding hydrogens is 210 g/mol.